The van der Waals surface area contributed by atoms with E-state index in [1.807, 2.05) is 64.1 Å². The van der Waals surface area contributed by atoms with E-state index in [4.69, 9.17) is 0 Å². The van der Waals surface area contributed by atoms with Crippen LogP contribution in [0.4, 0.5) is 0 Å². The number of carbonyl (C=O) groups is 1. The maximum absolute atomic E-state index is 12.9. The first-order valence-electron chi connectivity index (χ1n) is 8.95. The van der Waals surface area contributed by atoms with Gasteiger partial charge in [-0.1, -0.05) is 45.0 Å². The Morgan fingerprint density at radius 1 is 1.00 bits per heavy atom. The molecule has 3 aromatic rings. The van der Waals surface area contributed by atoms with E-state index < -0.39 is 0 Å². The fourth-order valence-corrected chi connectivity index (χ4v) is 2.85. The Bertz CT molecular complexity index is 915. The molecule has 1 N–H and O–H groups in total. The summed E-state index contributed by atoms with van der Waals surface area (Å²) < 4.78 is 0. The van der Waals surface area contributed by atoms with Crippen LogP contribution < -0.4 is 5.32 Å². The van der Waals surface area contributed by atoms with Crippen LogP contribution in [-0.4, -0.2) is 20.9 Å². The fraction of sp³-hybridized carbons (Fsp3) is 0.273. The summed E-state index contributed by atoms with van der Waals surface area (Å²) in [4.78, 5) is 25.7. The number of nitrogens with zero attached hydrogens (tertiary/aromatic N) is 3. The average Bonchev–Trinajstić information content (AvgIpc) is 2.67. The van der Waals surface area contributed by atoms with Crippen molar-refractivity contribution in [1.29, 1.82) is 0 Å². The Balaban J connectivity index is 1.91. The highest BCUT2D eigenvalue weighted by atomic mass is 16.1. The van der Waals surface area contributed by atoms with Gasteiger partial charge in [-0.2, -0.15) is 0 Å². The van der Waals surface area contributed by atoms with Gasteiger partial charge in [0.15, 0.2) is 0 Å². The predicted octanol–water partition coefficient (Wildman–Crippen LogP) is 4.00. The molecule has 1 atom stereocenters. The lowest BCUT2D eigenvalue weighted by Gasteiger charge is -2.22. The Morgan fingerprint density at radius 2 is 1.63 bits per heavy atom. The van der Waals surface area contributed by atoms with Crippen LogP contribution in [0.25, 0.3) is 0 Å². The summed E-state index contributed by atoms with van der Waals surface area (Å²) in [5.41, 5.74) is 3.41. The van der Waals surface area contributed by atoms with E-state index in [9.17, 15) is 4.79 Å². The van der Waals surface area contributed by atoms with E-state index in [0.717, 1.165) is 16.7 Å². The van der Waals surface area contributed by atoms with Crippen molar-refractivity contribution in [2.45, 2.75) is 39.2 Å². The zero-order valence-electron chi connectivity index (χ0n) is 16.1. The van der Waals surface area contributed by atoms with E-state index >= 15 is 0 Å². The number of hydrogen-bond donors (Lipinski definition) is 1. The molecule has 0 fully saturated rings. The fourth-order valence-electron chi connectivity index (χ4n) is 2.85. The van der Waals surface area contributed by atoms with Gasteiger partial charge in [-0.15, -0.1) is 0 Å². The average molecular weight is 360 g/mol. The molecule has 3 rings (SSSR count). The van der Waals surface area contributed by atoms with E-state index in [-0.39, 0.29) is 17.4 Å². The third kappa shape index (κ3) is 4.37. The molecule has 5 nitrogen and oxygen atoms in total. The van der Waals surface area contributed by atoms with Crippen LogP contribution in [0.3, 0.4) is 0 Å². The Hall–Kier alpha value is -3.08. The number of aromatic nitrogens is 3. The number of carbonyl (C=O) groups excluding carboxylic acids is 1. The maximum Gasteiger partial charge on any atom is 0.255 e. The van der Waals surface area contributed by atoms with Crippen molar-refractivity contribution in [3.05, 3.63) is 89.3 Å². The van der Waals surface area contributed by atoms with Crippen LogP contribution >= 0.6 is 0 Å². The maximum atomic E-state index is 12.9. The van der Waals surface area contributed by atoms with Crippen LogP contribution in [-0.2, 0) is 5.41 Å². The molecule has 2 heterocycles. The van der Waals surface area contributed by atoms with E-state index in [0.29, 0.717) is 11.4 Å². The third-order valence-corrected chi connectivity index (χ3v) is 4.40. The lowest BCUT2D eigenvalue weighted by atomic mass is 9.95. The van der Waals surface area contributed by atoms with E-state index in [1.165, 1.54) is 0 Å². The number of nitrogens with one attached hydrogen (secondary N) is 1. The normalized spacial score (nSPS) is 12.4. The standard InChI is InChI=1S/C22H24N4O/c1-15-7-5-6-8-18(15)19(16-9-11-23-12-10-16)26-20(27)17-13-24-21(25-14-17)22(2,3)4/h5-14,19H,1-4H3,(H,26,27). The summed E-state index contributed by atoms with van der Waals surface area (Å²) in [7, 11) is 0. The number of pyridine rings is 1. The van der Waals surface area contributed by atoms with Crippen LogP contribution in [0.2, 0.25) is 0 Å². The first-order chi connectivity index (χ1) is 12.9. The molecule has 1 unspecified atom stereocenters. The molecular weight excluding hydrogens is 336 g/mol. The first-order valence-corrected chi connectivity index (χ1v) is 8.95. The third-order valence-electron chi connectivity index (χ3n) is 4.40. The van der Waals surface area contributed by atoms with Crippen molar-refractivity contribution in [2.75, 3.05) is 0 Å². The SMILES string of the molecule is Cc1ccccc1C(NC(=O)c1cnc(C(C)(C)C)nc1)c1ccncc1. The molecule has 2 aromatic heterocycles. The molecule has 1 aromatic carbocycles. The van der Waals surface area contributed by atoms with Crippen LogP contribution in [0, 0.1) is 6.92 Å². The molecule has 0 saturated carbocycles. The second-order valence-corrected chi connectivity index (χ2v) is 7.59. The zero-order valence-corrected chi connectivity index (χ0v) is 16.1. The minimum absolute atomic E-state index is 0.157. The summed E-state index contributed by atoms with van der Waals surface area (Å²) >= 11 is 0. The molecule has 1 amide bonds. The largest absolute Gasteiger partial charge is 0.341 e. The summed E-state index contributed by atoms with van der Waals surface area (Å²) in [5, 5.41) is 3.12. The lowest BCUT2D eigenvalue weighted by molar-refractivity contribution is 0.0942. The first kappa shape index (κ1) is 18.7. The smallest absolute Gasteiger partial charge is 0.255 e. The molecule has 0 bridgehead atoms. The molecule has 27 heavy (non-hydrogen) atoms. The van der Waals surface area contributed by atoms with Gasteiger partial charge in [-0.3, -0.25) is 9.78 Å². The number of rotatable bonds is 4. The number of amides is 1. The van der Waals surface area contributed by atoms with Crippen LogP contribution in [0.5, 0.6) is 0 Å². The summed E-state index contributed by atoms with van der Waals surface area (Å²) in [5.74, 6) is 0.504. The van der Waals surface area contributed by atoms with Gasteiger partial charge in [0.05, 0.1) is 11.6 Å². The molecule has 0 saturated heterocycles. The van der Waals surface area contributed by atoms with Crippen molar-refractivity contribution in [3.63, 3.8) is 0 Å². The van der Waals surface area contributed by atoms with Crippen LogP contribution in [0.15, 0.2) is 61.2 Å². The molecular formula is C22H24N4O. The molecule has 0 aliphatic carbocycles. The zero-order chi connectivity index (χ0) is 19.4. The summed E-state index contributed by atoms with van der Waals surface area (Å²) in [6.45, 7) is 8.16. The summed E-state index contributed by atoms with van der Waals surface area (Å²) in [6.07, 6.45) is 6.64. The van der Waals surface area contributed by atoms with Crippen LogP contribution in [0.1, 0.15) is 59.7 Å². The van der Waals surface area contributed by atoms with Crippen molar-refractivity contribution >= 4 is 5.91 Å². The molecule has 138 valence electrons. The monoisotopic (exact) mass is 360 g/mol. The van der Waals surface area contributed by atoms with Gasteiger partial charge in [0.25, 0.3) is 5.91 Å². The molecule has 0 radical (unpaired) electrons. The van der Waals surface area contributed by atoms with Gasteiger partial charge < -0.3 is 5.32 Å². The Morgan fingerprint density at radius 3 is 2.22 bits per heavy atom. The van der Waals surface area contributed by atoms with E-state index in [1.54, 1.807) is 24.8 Å². The lowest BCUT2D eigenvalue weighted by Crippen LogP contribution is -2.30. The molecule has 5 heteroatoms. The molecule has 0 aliphatic heterocycles. The van der Waals surface area contributed by atoms with Gasteiger partial charge in [0, 0.05) is 30.2 Å². The predicted molar refractivity (Wildman–Crippen MR) is 105 cm³/mol. The Kier molecular flexibility index (Phi) is 5.31. The highest BCUT2D eigenvalue weighted by molar-refractivity contribution is 5.94. The van der Waals surface area contributed by atoms with Gasteiger partial charge in [0.1, 0.15) is 5.82 Å². The summed E-state index contributed by atoms with van der Waals surface area (Å²) in [6, 6.07) is 11.6. The highest BCUT2D eigenvalue weighted by Crippen LogP contribution is 2.25. The van der Waals surface area contributed by atoms with Gasteiger partial charge in [-0.05, 0) is 35.7 Å². The van der Waals surface area contributed by atoms with Crippen molar-refractivity contribution in [3.8, 4) is 0 Å². The molecule has 0 aliphatic rings. The second-order valence-electron chi connectivity index (χ2n) is 7.59. The Labute approximate surface area is 159 Å². The van der Waals surface area contributed by atoms with Gasteiger partial charge in [-0.25, -0.2) is 9.97 Å². The van der Waals surface area contributed by atoms with Crippen molar-refractivity contribution < 1.29 is 4.79 Å². The molecule has 0 spiro atoms. The second kappa shape index (κ2) is 7.66. The van der Waals surface area contributed by atoms with Crippen molar-refractivity contribution in [1.82, 2.24) is 20.3 Å². The number of benzene rings is 1. The van der Waals surface area contributed by atoms with E-state index in [2.05, 4.69) is 20.3 Å². The number of hydrogen-bond acceptors (Lipinski definition) is 4. The van der Waals surface area contributed by atoms with Gasteiger partial charge in [0.2, 0.25) is 0 Å². The van der Waals surface area contributed by atoms with Gasteiger partial charge >= 0.3 is 0 Å². The highest BCUT2D eigenvalue weighted by Gasteiger charge is 2.21. The number of aryl methyl sites for hydroxylation is 1. The quantitative estimate of drug-likeness (QED) is 0.764. The minimum atomic E-state index is -0.274. The minimum Gasteiger partial charge on any atom is -0.341 e. The van der Waals surface area contributed by atoms with Crippen molar-refractivity contribution in [2.24, 2.45) is 0 Å². The topological polar surface area (TPSA) is 67.8 Å².